The summed E-state index contributed by atoms with van der Waals surface area (Å²) in [6.45, 7) is 2.53. The number of fused-ring (bicyclic) bond motifs is 1. The van der Waals surface area contributed by atoms with Gasteiger partial charge in [-0.2, -0.15) is 0 Å². The predicted octanol–water partition coefficient (Wildman–Crippen LogP) is 2.08. The van der Waals surface area contributed by atoms with Crippen molar-refractivity contribution in [2.75, 3.05) is 31.6 Å². The van der Waals surface area contributed by atoms with Crippen molar-refractivity contribution in [2.24, 2.45) is 5.41 Å². The Morgan fingerprint density at radius 1 is 1.14 bits per heavy atom. The summed E-state index contributed by atoms with van der Waals surface area (Å²) in [4.78, 5) is 25.9. The van der Waals surface area contributed by atoms with E-state index in [2.05, 4.69) is 9.88 Å². The maximum absolute atomic E-state index is 12.6. The van der Waals surface area contributed by atoms with Crippen molar-refractivity contribution < 1.29 is 4.79 Å². The van der Waals surface area contributed by atoms with Crippen molar-refractivity contribution in [2.45, 2.75) is 19.3 Å². The molecule has 1 atom stereocenters. The zero-order valence-electron chi connectivity index (χ0n) is 12.8. The number of amides is 1. The summed E-state index contributed by atoms with van der Waals surface area (Å²) in [6, 6.07) is 7.90. The Labute approximate surface area is 130 Å². The van der Waals surface area contributed by atoms with Gasteiger partial charge in [0.15, 0.2) is 0 Å². The van der Waals surface area contributed by atoms with Crippen LogP contribution in [-0.2, 0) is 4.79 Å². The van der Waals surface area contributed by atoms with Crippen molar-refractivity contribution in [3.8, 4) is 0 Å². The summed E-state index contributed by atoms with van der Waals surface area (Å²) in [7, 11) is 1.92. The van der Waals surface area contributed by atoms with Crippen LogP contribution in [0.15, 0.2) is 30.5 Å². The van der Waals surface area contributed by atoms with Crippen molar-refractivity contribution in [3.63, 3.8) is 0 Å². The first-order valence-corrected chi connectivity index (χ1v) is 7.90. The summed E-state index contributed by atoms with van der Waals surface area (Å²) in [6.07, 6.45) is 4.84. The Kier molecular flexibility index (Phi) is 3.03. The summed E-state index contributed by atoms with van der Waals surface area (Å²) in [5.41, 5.74) is 1.61. The Morgan fingerprint density at radius 2 is 1.95 bits per heavy atom. The van der Waals surface area contributed by atoms with Crippen LogP contribution in [-0.4, -0.2) is 47.5 Å². The molecule has 3 heterocycles. The number of nitrogens with zero attached hydrogens (tertiary/aromatic N) is 4. The number of carbonyl (C=O) groups excluding carboxylic acids is 1. The molecule has 22 heavy (non-hydrogen) atoms. The van der Waals surface area contributed by atoms with E-state index in [9.17, 15) is 4.79 Å². The van der Waals surface area contributed by atoms with Gasteiger partial charge in [-0.15, -0.1) is 0 Å². The molecule has 0 N–H and O–H groups in total. The van der Waals surface area contributed by atoms with Gasteiger partial charge in [0.2, 0.25) is 5.91 Å². The van der Waals surface area contributed by atoms with Gasteiger partial charge >= 0.3 is 0 Å². The van der Waals surface area contributed by atoms with E-state index in [1.807, 2.05) is 42.4 Å². The van der Waals surface area contributed by atoms with Crippen LogP contribution >= 0.6 is 0 Å². The van der Waals surface area contributed by atoms with Crippen LogP contribution in [0.3, 0.4) is 0 Å². The number of benzene rings is 1. The van der Waals surface area contributed by atoms with Gasteiger partial charge in [-0.1, -0.05) is 12.1 Å². The summed E-state index contributed by atoms with van der Waals surface area (Å²) in [5, 5.41) is 0. The molecule has 0 radical (unpaired) electrons. The third-order valence-corrected chi connectivity index (χ3v) is 5.06. The van der Waals surface area contributed by atoms with E-state index in [1.54, 1.807) is 0 Å². The third kappa shape index (κ3) is 2.03. The Morgan fingerprint density at radius 3 is 2.82 bits per heavy atom. The molecule has 2 fully saturated rings. The van der Waals surface area contributed by atoms with Gasteiger partial charge in [0.05, 0.1) is 22.6 Å². The standard InChI is InChI=1S/C17H20N4O/c1-20-9-4-7-17(16(20)22)8-10-21(12-17)15-11-18-13-5-2-3-6-14(13)19-15/h2-3,5-6,11H,4,7-10,12H2,1H3. The molecule has 2 aromatic rings. The van der Waals surface area contributed by atoms with Gasteiger partial charge in [-0.05, 0) is 31.4 Å². The number of piperidine rings is 1. The number of hydrogen-bond donors (Lipinski definition) is 0. The molecule has 5 heteroatoms. The Bertz CT molecular complexity index is 731. The number of aromatic nitrogens is 2. The minimum atomic E-state index is -0.208. The lowest BCUT2D eigenvalue weighted by Crippen LogP contribution is -2.48. The average molecular weight is 296 g/mol. The molecule has 1 unspecified atom stereocenters. The van der Waals surface area contributed by atoms with Crippen LogP contribution in [0.25, 0.3) is 11.0 Å². The van der Waals surface area contributed by atoms with E-state index >= 15 is 0 Å². The quantitative estimate of drug-likeness (QED) is 0.808. The van der Waals surface area contributed by atoms with Gasteiger partial charge in [0.1, 0.15) is 5.82 Å². The number of carbonyl (C=O) groups is 1. The van der Waals surface area contributed by atoms with E-state index in [0.717, 1.165) is 55.7 Å². The van der Waals surface area contributed by atoms with Crippen molar-refractivity contribution >= 4 is 22.8 Å². The predicted molar refractivity (Wildman–Crippen MR) is 85.7 cm³/mol. The third-order valence-electron chi connectivity index (χ3n) is 5.06. The Hall–Kier alpha value is -2.17. The molecule has 1 spiro atoms. The van der Waals surface area contributed by atoms with Crippen LogP contribution in [0.1, 0.15) is 19.3 Å². The minimum absolute atomic E-state index is 0.208. The SMILES string of the molecule is CN1CCCC2(CCN(c3cnc4ccccc4n3)C2)C1=O. The lowest BCUT2D eigenvalue weighted by atomic mass is 9.78. The molecule has 0 bridgehead atoms. The van der Waals surface area contributed by atoms with Gasteiger partial charge < -0.3 is 9.80 Å². The van der Waals surface area contributed by atoms with E-state index in [4.69, 9.17) is 4.98 Å². The van der Waals surface area contributed by atoms with E-state index < -0.39 is 0 Å². The molecule has 0 aliphatic carbocycles. The molecule has 2 saturated heterocycles. The number of hydrogen-bond acceptors (Lipinski definition) is 4. The van der Waals surface area contributed by atoms with E-state index in [1.165, 1.54) is 0 Å². The molecule has 2 aliphatic heterocycles. The van der Waals surface area contributed by atoms with Gasteiger partial charge in [0.25, 0.3) is 0 Å². The summed E-state index contributed by atoms with van der Waals surface area (Å²) in [5.74, 6) is 1.19. The zero-order chi connectivity index (χ0) is 15.2. The zero-order valence-corrected chi connectivity index (χ0v) is 12.8. The fraction of sp³-hybridized carbons (Fsp3) is 0.471. The fourth-order valence-electron chi connectivity index (χ4n) is 3.81. The second-order valence-corrected chi connectivity index (χ2v) is 6.50. The first-order valence-electron chi connectivity index (χ1n) is 7.90. The monoisotopic (exact) mass is 296 g/mol. The molecule has 1 aromatic heterocycles. The van der Waals surface area contributed by atoms with Crippen LogP contribution in [0.5, 0.6) is 0 Å². The maximum Gasteiger partial charge on any atom is 0.230 e. The van der Waals surface area contributed by atoms with Gasteiger partial charge in [-0.3, -0.25) is 9.78 Å². The molecule has 0 saturated carbocycles. The van der Waals surface area contributed by atoms with Gasteiger partial charge in [0, 0.05) is 26.7 Å². The minimum Gasteiger partial charge on any atom is -0.354 e. The number of rotatable bonds is 1. The molecule has 2 aliphatic rings. The number of likely N-dealkylation sites (tertiary alicyclic amines) is 1. The van der Waals surface area contributed by atoms with Crippen LogP contribution in [0.4, 0.5) is 5.82 Å². The first kappa shape index (κ1) is 13.5. The van der Waals surface area contributed by atoms with E-state index in [0.29, 0.717) is 5.91 Å². The lowest BCUT2D eigenvalue weighted by molar-refractivity contribution is -0.143. The first-order chi connectivity index (χ1) is 10.7. The number of anilines is 1. The maximum atomic E-state index is 12.6. The van der Waals surface area contributed by atoms with Crippen molar-refractivity contribution in [1.82, 2.24) is 14.9 Å². The summed E-state index contributed by atoms with van der Waals surface area (Å²) >= 11 is 0. The molecule has 1 amide bonds. The van der Waals surface area contributed by atoms with Crippen LogP contribution < -0.4 is 4.90 Å². The molecule has 4 rings (SSSR count). The van der Waals surface area contributed by atoms with Crippen molar-refractivity contribution in [1.29, 1.82) is 0 Å². The van der Waals surface area contributed by atoms with Crippen LogP contribution in [0, 0.1) is 5.41 Å². The normalized spacial score (nSPS) is 25.4. The lowest BCUT2D eigenvalue weighted by Gasteiger charge is -2.37. The molecule has 114 valence electrons. The fourth-order valence-corrected chi connectivity index (χ4v) is 3.81. The topological polar surface area (TPSA) is 49.3 Å². The highest BCUT2D eigenvalue weighted by Gasteiger charge is 2.47. The van der Waals surface area contributed by atoms with E-state index in [-0.39, 0.29) is 5.41 Å². The molecule has 1 aromatic carbocycles. The van der Waals surface area contributed by atoms with Gasteiger partial charge in [-0.25, -0.2) is 4.98 Å². The highest BCUT2D eigenvalue weighted by Crippen LogP contribution is 2.40. The largest absolute Gasteiger partial charge is 0.354 e. The second kappa shape index (κ2) is 4.93. The van der Waals surface area contributed by atoms with Crippen molar-refractivity contribution in [3.05, 3.63) is 30.5 Å². The van der Waals surface area contributed by atoms with Crippen LogP contribution in [0.2, 0.25) is 0 Å². The highest BCUT2D eigenvalue weighted by atomic mass is 16.2. The molecular formula is C17H20N4O. The molecule has 5 nitrogen and oxygen atoms in total. The smallest absolute Gasteiger partial charge is 0.230 e. The number of para-hydroxylation sites is 2. The summed E-state index contributed by atoms with van der Waals surface area (Å²) < 4.78 is 0. The average Bonchev–Trinajstić information content (AvgIpc) is 2.97. The second-order valence-electron chi connectivity index (χ2n) is 6.50. The Balaban J connectivity index is 1.62. The molecular weight excluding hydrogens is 276 g/mol. The highest BCUT2D eigenvalue weighted by molar-refractivity contribution is 5.85.